The molecule has 7 nitrogen and oxygen atoms in total. The fourth-order valence-electron chi connectivity index (χ4n) is 4.17. The molecule has 2 heterocycles. The zero-order valence-electron chi connectivity index (χ0n) is 19.9. The molecule has 12 heteroatoms. The molecule has 1 atom stereocenters. The van der Waals surface area contributed by atoms with E-state index in [-0.39, 0.29) is 12.3 Å². The molecule has 2 aromatic heterocycles. The number of nitrogens with zero attached hydrogens (tertiary/aromatic N) is 3. The molecule has 5 rings (SSSR count). The number of hydrogen-bond donors (Lipinski definition) is 1. The van der Waals surface area contributed by atoms with Gasteiger partial charge in [0.25, 0.3) is 5.89 Å². The molecule has 0 aliphatic heterocycles. The second kappa shape index (κ2) is 11.0. The van der Waals surface area contributed by atoms with Crippen LogP contribution in [0.2, 0.25) is 20.1 Å². The molecule has 1 unspecified atom stereocenters. The van der Waals surface area contributed by atoms with Gasteiger partial charge in [0.05, 0.1) is 21.9 Å². The maximum absolute atomic E-state index is 12.6. The molecular weight excluding hydrogens is 590 g/mol. The molecule has 0 saturated heterocycles. The average molecular weight is 610 g/mol. The summed E-state index contributed by atoms with van der Waals surface area (Å²) in [5.74, 6) is 1.00. The Bertz CT molecular complexity index is 1490. The van der Waals surface area contributed by atoms with E-state index in [0.29, 0.717) is 65.0 Å². The average Bonchev–Trinajstić information content (AvgIpc) is 3.51. The van der Waals surface area contributed by atoms with Crippen LogP contribution in [0.25, 0.3) is 11.5 Å². The highest BCUT2D eigenvalue weighted by Crippen LogP contribution is 2.57. The molecular formula is C26H20Cl4N4O3S. The third kappa shape index (κ3) is 5.52. The van der Waals surface area contributed by atoms with Gasteiger partial charge in [-0.15, -0.1) is 0 Å². The van der Waals surface area contributed by atoms with Gasteiger partial charge in [-0.05, 0) is 55.7 Å². The minimum Gasteiger partial charge on any atom is -0.610 e. The normalized spacial score (nSPS) is 14.8. The van der Waals surface area contributed by atoms with E-state index in [0.717, 1.165) is 12.8 Å². The van der Waals surface area contributed by atoms with Gasteiger partial charge >= 0.3 is 0 Å². The number of rotatable bonds is 8. The summed E-state index contributed by atoms with van der Waals surface area (Å²) in [6.45, 7) is 1.82. The van der Waals surface area contributed by atoms with Gasteiger partial charge in [0.15, 0.2) is 5.82 Å². The van der Waals surface area contributed by atoms with Crippen LogP contribution < -0.4 is 5.32 Å². The third-order valence-electron chi connectivity index (χ3n) is 6.23. The second-order valence-electron chi connectivity index (χ2n) is 8.81. The summed E-state index contributed by atoms with van der Waals surface area (Å²) < 4.78 is 17.4. The lowest BCUT2D eigenvalue weighted by atomic mass is 9.94. The lowest BCUT2D eigenvalue weighted by Gasteiger charge is -2.17. The van der Waals surface area contributed by atoms with Crippen molar-refractivity contribution in [3.63, 3.8) is 0 Å². The van der Waals surface area contributed by atoms with E-state index in [1.54, 1.807) is 48.7 Å². The Morgan fingerprint density at radius 1 is 1.05 bits per heavy atom. The summed E-state index contributed by atoms with van der Waals surface area (Å²) in [7, 11) is 0. The first-order valence-corrected chi connectivity index (χ1v) is 14.5. The van der Waals surface area contributed by atoms with Gasteiger partial charge in [0, 0.05) is 50.3 Å². The van der Waals surface area contributed by atoms with Crippen LogP contribution in [0, 0.1) is 0 Å². The van der Waals surface area contributed by atoms with Crippen LogP contribution in [0.1, 0.15) is 36.7 Å². The van der Waals surface area contributed by atoms with Gasteiger partial charge in [-0.1, -0.05) is 57.6 Å². The number of hydrogen-bond acceptors (Lipinski definition) is 6. The number of pyridine rings is 1. The molecule has 1 N–H and O–H groups in total. The van der Waals surface area contributed by atoms with Gasteiger partial charge < -0.3 is 14.4 Å². The fraction of sp³-hybridized carbons (Fsp3) is 0.231. The molecule has 4 aromatic rings. The van der Waals surface area contributed by atoms with Crippen LogP contribution in [0.15, 0.2) is 58.2 Å². The standard InChI is InChI=1S/C26H20Cl4N4O3S/c1-2-38(36)22-6-3-14(13-31-22)9-21(35)32-16-11-19(29)23(20(30)12-16)26(7-8-26)25-33-24(37-34-25)15-4-5-17(27)18(28)10-15/h3-6,10-13H,2,7-9H2,1H3,(H,32,35). The summed E-state index contributed by atoms with van der Waals surface area (Å²) in [5, 5.41) is 9.11. The van der Waals surface area contributed by atoms with Crippen LogP contribution in [-0.4, -0.2) is 31.3 Å². The monoisotopic (exact) mass is 608 g/mol. The van der Waals surface area contributed by atoms with Crippen LogP contribution in [0.4, 0.5) is 5.69 Å². The number of carbonyl (C=O) groups excluding carboxylic acids is 1. The third-order valence-corrected chi connectivity index (χ3v) is 8.80. The van der Waals surface area contributed by atoms with E-state index < -0.39 is 16.6 Å². The van der Waals surface area contributed by atoms with Crippen molar-refractivity contribution < 1.29 is 13.9 Å². The highest BCUT2D eigenvalue weighted by Gasteiger charge is 2.52. The summed E-state index contributed by atoms with van der Waals surface area (Å²) in [6.07, 6.45) is 3.13. The summed E-state index contributed by atoms with van der Waals surface area (Å²) in [6, 6.07) is 11.8. The largest absolute Gasteiger partial charge is 0.610 e. The number of amides is 1. The molecule has 1 aliphatic carbocycles. The predicted molar refractivity (Wildman–Crippen MR) is 150 cm³/mol. The van der Waals surface area contributed by atoms with Crippen molar-refractivity contribution in [3.05, 3.63) is 85.7 Å². The first kappa shape index (κ1) is 27.2. The van der Waals surface area contributed by atoms with E-state index in [2.05, 4.69) is 20.4 Å². The maximum atomic E-state index is 12.6. The van der Waals surface area contributed by atoms with Crippen molar-refractivity contribution in [2.75, 3.05) is 11.1 Å². The van der Waals surface area contributed by atoms with Crippen molar-refractivity contribution >= 4 is 69.2 Å². The number of nitrogens with one attached hydrogen (secondary N) is 1. The minimum atomic E-state index is -1.14. The zero-order valence-corrected chi connectivity index (χ0v) is 23.8. The number of benzene rings is 2. The highest BCUT2D eigenvalue weighted by molar-refractivity contribution is 7.91. The zero-order chi connectivity index (χ0) is 27.0. The number of aromatic nitrogens is 3. The van der Waals surface area contributed by atoms with E-state index in [4.69, 9.17) is 50.9 Å². The van der Waals surface area contributed by atoms with E-state index in [9.17, 15) is 9.35 Å². The Kier molecular flexibility index (Phi) is 7.91. The summed E-state index contributed by atoms with van der Waals surface area (Å²) in [5.41, 5.74) is 1.91. The molecule has 2 aromatic carbocycles. The molecule has 38 heavy (non-hydrogen) atoms. The SMILES string of the molecule is CC[S+]([O-])c1ccc(CC(=O)Nc2cc(Cl)c(C3(c4noc(-c5ccc(Cl)c(Cl)c5)n4)CC3)c(Cl)c2)cn1. The second-order valence-corrected chi connectivity index (χ2v) is 12.1. The molecule has 1 aliphatic rings. The minimum absolute atomic E-state index is 0.0906. The van der Waals surface area contributed by atoms with Gasteiger partial charge in [0.1, 0.15) is 5.75 Å². The van der Waals surface area contributed by atoms with Gasteiger partial charge in [-0.3, -0.25) is 4.79 Å². The Morgan fingerprint density at radius 2 is 1.79 bits per heavy atom. The summed E-state index contributed by atoms with van der Waals surface area (Å²) >= 11 is 24.4. The van der Waals surface area contributed by atoms with Crippen LogP contribution in [0.3, 0.4) is 0 Å². The van der Waals surface area contributed by atoms with Crippen LogP contribution in [-0.2, 0) is 27.8 Å². The van der Waals surface area contributed by atoms with Crippen molar-refractivity contribution in [1.29, 1.82) is 0 Å². The van der Waals surface area contributed by atoms with Crippen molar-refractivity contribution in [3.8, 4) is 11.5 Å². The molecule has 1 amide bonds. The molecule has 0 spiro atoms. The Labute approximate surface area is 242 Å². The fourth-order valence-corrected chi connectivity index (χ4v) is 6.00. The van der Waals surface area contributed by atoms with E-state index >= 15 is 0 Å². The first-order chi connectivity index (χ1) is 18.2. The number of carbonyl (C=O) groups is 1. The Balaban J connectivity index is 1.32. The summed E-state index contributed by atoms with van der Waals surface area (Å²) in [4.78, 5) is 21.4. The lowest BCUT2D eigenvalue weighted by Crippen LogP contribution is -2.16. The first-order valence-electron chi connectivity index (χ1n) is 11.6. The van der Waals surface area contributed by atoms with Crippen molar-refractivity contribution in [1.82, 2.24) is 15.1 Å². The van der Waals surface area contributed by atoms with Gasteiger partial charge in [-0.25, -0.2) is 4.98 Å². The maximum Gasteiger partial charge on any atom is 0.258 e. The van der Waals surface area contributed by atoms with Crippen molar-refractivity contribution in [2.24, 2.45) is 0 Å². The molecule has 0 bridgehead atoms. The smallest absolute Gasteiger partial charge is 0.258 e. The molecule has 1 saturated carbocycles. The van der Waals surface area contributed by atoms with Crippen LogP contribution >= 0.6 is 46.4 Å². The highest BCUT2D eigenvalue weighted by atomic mass is 35.5. The molecule has 196 valence electrons. The van der Waals surface area contributed by atoms with Gasteiger partial charge in [-0.2, -0.15) is 4.98 Å². The number of halogens is 4. The topological polar surface area (TPSA) is 104 Å². The van der Waals surface area contributed by atoms with E-state index in [1.807, 2.05) is 6.92 Å². The quantitative estimate of drug-likeness (QED) is 0.213. The Hall–Kier alpha value is -2.33. The lowest BCUT2D eigenvalue weighted by molar-refractivity contribution is -0.115. The van der Waals surface area contributed by atoms with E-state index in [1.165, 1.54) is 0 Å². The molecule has 1 fully saturated rings. The van der Waals surface area contributed by atoms with Gasteiger partial charge in [0.2, 0.25) is 10.9 Å². The predicted octanol–water partition coefficient (Wildman–Crippen LogP) is 7.13. The number of anilines is 1. The molecule has 0 radical (unpaired) electrons. The van der Waals surface area contributed by atoms with Crippen LogP contribution in [0.5, 0.6) is 0 Å². The Morgan fingerprint density at radius 3 is 2.39 bits per heavy atom. The van der Waals surface area contributed by atoms with Crippen molar-refractivity contribution in [2.45, 2.75) is 36.6 Å².